The van der Waals surface area contributed by atoms with E-state index in [0.717, 1.165) is 17.9 Å². The van der Waals surface area contributed by atoms with Crippen molar-refractivity contribution in [2.45, 2.75) is 45.6 Å². The van der Waals surface area contributed by atoms with Crippen LogP contribution >= 0.6 is 0 Å². The van der Waals surface area contributed by atoms with Gasteiger partial charge >= 0.3 is 0 Å². The van der Waals surface area contributed by atoms with Crippen LogP contribution < -0.4 is 0 Å². The van der Waals surface area contributed by atoms with Gasteiger partial charge in [-0.3, -0.25) is 0 Å². The second-order valence-electron chi connectivity index (χ2n) is 6.11. The van der Waals surface area contributed by atoms with Crippen molar-refractivity contribution in [3.05, 3.63) is 0 Å². The number of nitrogens with zero attached hydrogens (tertiary/aromatic N) is 2. The normalized spacial score (nSPS) is 27.8. The summed E-state index contributed by atoms with van der Waals surface area (Å²) in [7, 11) is 2.26. The van der Waals surface area contributed by atoms with Gasteiger partial charge in [-0.2, -0.15) is 0 Å². The van der Waals surface area contributed by atoms with E-state index < -0.39 is 0 Å². The van der Waals surface area contributed by atoms with Gasteiger partial charge in [-0.25, -0.2) is 0 Å². The number of hydrogen-bond donors (Lipinski definition) is 0. The molecular formula is C14H28N2. The highest BCUT2D eigenvalue weighted by Gasteiger charge is 2.29. The van der Waals surface area contributed by atoms with E-state index in [9.17, 15) is 0 Å². The first-order valence-corrected chi connectivity index (χ1v) is 7.09. The van der Waals surface area contributed by atoms with Crippen LogP contribution in [0, 0.1) is 11.8 Å². The molecule has 94 valence electrons. The lowest BCUT2D eigenvalue weighted by Gasteiger charge is -2.40. The number of hydrogen-bond acceptors (Lipinski definition) is 2. The molecule has 0 aromatic carbocycles. The predicted molar refractivity (Wildman–Crippen MR) is 69.7 cm³/mol. The minimum absolute atomic E-state index is 0.749. The van der Waals surface area contributed by atoms with Gasteiger partial charge in [0, 0.05) is 6.04 Å². The Morgan fingerprint density at radius 3 is 1.69 bits per heavy atom. The fourth-order valence-electron chi connectivity index (χ4n) is 3.41. The molecule has 0 N–H and O–H groups in total. The van der Waals surface area contributed by atoms with Crippen molar-refractivity contribution in [2.24, 2.45) is 11.8 Å². The van der Waals surface area contributed by atoms with E-state index in [1.54, 1.807) is 0 Å². The Morgan fingerprint density at radius 2 is 1.25 bits per heavy atom. The highest BCUT2D eigenvalue weighted by molar-refractivity contribution is 4.82. The fourth-order valence-corrected chi connectivity index (χ4v) is 3.41. The third-order valence-electron chi connectivity index (χ3n) is 4.73. The van der Waals surface area contributed by atoms with Crippen LogP contribution in [0.25, 0.3) is 0 Å². The Labute approximate surface area is 101 Å². The van der Waals surface area contributed by atoms with Gasteiger partial charge in [-0.05, 0) is 84.6 Å². The van der Waals surface area contributed by atoms with E-state index in [1.165, 1.54) is 51.9 Å². The minimum atomic E-state index is 0.749. The van der Waals surface area contributed by atoms with Crippen LogP contribution in [-0.4, -0.2) is 49.1 Å². The van der Waals surface area contributed by atoms with E-state index in [4.69, 9.17) is 0 Å². The summed E-state index contributed by atoms with van der Waals surface area (Å²) in [6, 6.07) is 0.749. The molecule has 0 aliphatic carbocycles. The number of rotatable bonds is 2. The zero-order valence-corrected chi connectivity index (χ0v) is 11.3. The quantitative estimate of drug-likeness (QED) is 0.711. The summed E-state index contributed by atoms with van der Waals surface area (Å²) in [6.45, 7) is 10.00. The van der Waals surface area contributed by atoms with E-state index in [2.05, 4.69) is 30.7 Å². The molecule has 2 aliphatic rings. The maximum absolute atomic E-state index is 2.64. The summed E-state index contributed by atoms with van der Waals surface area (Å²) < 4.78 is 0. The summed E-state index contributed by atoms with van der Waals surface area (Å²) in [5.41, 5.74) is 0. The van der Waals surface area contributed by atoms with Crippen LogP contribution in [0.4, 0.5) is 0 Å². The third-order valence-corrected chi connectivity index (χ3v) is 4.73. The highest BCUT2D eigenvalue weighted by Crippen LogP contribution is 2.32. The molecule has 0 radical (unpaired) electrons. The van der Waals surface area contributed by atoms with Gasteiger partial charge < -0.3 is 9.80 Å². The van der Waals surface area contributed by atoms with E-state index in [1.807, 2.05) is 0 Å². The van der Waals surface area contributed by atoms with Gasteiger partial charge in [-0.15, -0.1) is 0 Å². The smallest absolute Gasteiger partial charge is 0.00385 e. The molecule has 2 rings (SSSR count). The zero-order chi connectivity index (χ0) is 11.5. The van der Waals surface area contributed by atoms with Crippen molar-refractivity contribution in [3.8, 4) is 0 Å². The Kier molecular flexibility index (Phi) is 4.26. The Bertz CT molecular complexity index is 199. The summed E-state index contributed by atoms with van der Waals surface area (Å²) in [5, 5.41) is 0. The maximum atomic E-state index is 2.64. The molecule has 0 spiro atoms. The molecule has 2 heteroatoms. The first kappa shape index (κ1) is 12.4. The number of piperidine rings is 2. The lowest BCUT2D eigenvalue weighted by Crippen LogP contribution is -2.42. The summed E-state index contributed by atoms with van der Waals surface area (Å²) in [5.74, 6) is 2.06. The molecular weight excluding hydrogens is 196 g/mol. The van der Waals surface area contributed by atoms with E-state index >= 15 is 0 Å². The van der Waals surface area contributed by atoms with Crippen LogP contribution in [0.2, 0.25) is 0 Å². The molecule has 0 bridgehead atoms. The van der Waals surface area contributed by atoms with Crippen molar-refractivity contribution < 1.29 is 0 Å². The lowest BCUT2D eigenvalue weighted by molar-refractivity contribution is 0.0906. The fraction of sp³-hybridized carbons (Fsp3) is 1.00. The topological polar surface area (TPSA) is 6.48 Å². The van der Waals surface area contributed by atoms with Crippen molar-refractivity contribution in [1.82, 2.24) is 9.80 Å². The predicted octanol–water partition coefficient (Wildman–Crippen LogP) is 2.45. The van der Waals surface area contributed by atoms with Crippen LogP contribution in [-0.2, 0) is 0 Å². The van der Waals surface area contributed by atoms with Gasteiger partial charge in [0.1, 0.15) is 0 Å². The second-order valence-corrected chi connectivity index (χ2v) is 6.11. The standard InChI is InChI=1S/C14H28N2/c1-12(2)16-10-6-14(7-11-16)13-4-8-15(3)9-5-13/h12-14H,4-11H2,1-3H3. The van der Waals surface area contributed by atoms with Gasteiger partial charge in [0.2, 0.25) is 0 Å². The minimum Gasteiger partial charge on any atom is -0.306 e. The summed E-state index contributed by atoms with van der Waals surface area (Å²) in [6.07, 6.45) is 5.80. The highest BCUT2D eigenvalue weighted by atomic mass is 15.1. The largest absolute Gasteiger partial charge is 0.306 e. The molecule has 2 saturated heterocycles. The molecule has 0 amide bonds. The third kappa shape index (κ3) is 2.98. The summed E-state index contributed by atoms with van der Waals surface area (Å²) >= 11 is 0. The van der Waals surface area contributed by atoms with Gasteiger partial charge in [0.25, 0.3) is 0 Å². The average Bonchev–Trinajstić information content (AvgIpc) is 2.30. The Hall–Kier alpha value is -0.0800. The first-order valence-electron chi connectivity index (χ1n) is 7.09. The zero-order valence-electron chi connectivity index (χ0n) is 11.3. The molecule has 0 aromatic rings. The van der Waals surface area contributed by atoms with Crippen LogP contribution in [0.1, 0.15) is 39.5 Å². The van der Waals surface area contributed by atoms with Crippen molar-refractivity contribution in [1.29, 1.82) is 0 Å². The van der Waals surface area contributed by atoms with Gasteiger partial charge in [-0.1, -0.05) is 0 Å². The molecule has 0 unspecified atom stereocenters. The van der Waals surface area contributed by atoms with Crippen LogP contribution in [0.5, 0.6) is 0 Å². The molecule has 2 aliphatic heterocycles. The van der Waals surface area contributed by atoms with Crippen LogP contribution in [0.15, 0.2) is 0 Å². The van der Waals surface area contributed by atoms with Crippen molar-refractivity contribution in [2.75, 3.05) is 33.2 Å². The molecule has 2 fully saturated rings. The maximum Gasteiger partial charge on any atom is 0.00385 e. The van der Waals surface area contributed by atoms with Crippen molar-refractivity contribution >= 4 is 0 Å². The molecule has 0 saturated carbocycles. The lowest BCUT2D eigenvalue weighted by atomic mass is 9.79. The Morgan fingerprint density at radius 1 is 0.812 bits per heavy atom. The monoisotopic (exact) mass is 224 g/mol. The average molecular weight is 224 g/mol. The summed E-state index contributed by atoms with van der Waals surface area (Å²) in [4.78, 5) is 5.13. The molecule has 0 aromatic heterocycles. The van der Waals surface area contributed by atoms with Gasteiger partial charge in [0.05, 0.1) is 0 Å². The molecule has 2 heterocycles. The van der Waals surface area contributed by atoms with Gasteiger partial charge in [0.15, 0.2) is 0 Å². The number of likely N-dealkylation sites (tertiary alicyclic amines) is 2. The molecule has 0 atom stereocenters. The molecule has 16 heavy (non-hydrogen) atoms. The molecule has 2 nitrogen and oxygen atoms in total. The van der Waals surface area contributed by atoms with E-state index in [0.29, 0.717) is 0 Å². The second kappa shape index (κ2) is 5.50. The SMILES string of the molecule is CC(C)N1CCC(C2CCN(C)CC2)CC1. The van der Waals surface area contributed by atoms with Crippen LogP contribution in [0.3, 0.4) is 0 Å². The Balaban J connectivity index is 1.76. The van der Waals surface area contributed by atoms with E-state index in [-0.39, 0.29) is 0 Å². The first-order chi connectivity index (χ1) is 7.66. The van der Waals surface area contributed by atoms with Crippen molar-refractivity contribution in [3.63, 3.8) is 0 Å².